The first-order valence-electron chi connectivity index (χ1n) is 13.2. The van der Waals surface area contributed by atoms with E-state index in [1.807, 2.05) is 0 Å². The van der Waals surface area contributed by atoms with E-state index in [9.17, 15) is 9.90 Å². The normalized spacial score (nSPS) is 23.3. The Bertz CT molecular complexity index is 942. The number of hydrogen-bond acceptors (Lipinski definition) is 4. The molecule has 1 aliphatic carbocycles. The number of nitrogens with zero attached hydrogens (tertiary/aromatic N) is 1. The molecule has 0 spiro atoms. The molecule has 1 N–H and O–H groups in total. The van der Waals surface area contributed by atoms with E-state index < -0.39 is 5.97 Å². The van der Waals surface area contributed by atoms with Gasteiger partial charge < -0.3 is 14.6 Å². The van der Waals surface area contributed by atoms with Crippen molar-refractivity contribution >= 4 is 16.7 Å². The number of piperidine rings is 1. The molecule has 1 saturated heterocycles. The Labute approximate surface area is 204 Å². The summed E-state index contributed by atoms with van der Waals surface area (Å²) < 4.78 is 12.2. The molecule has 34 heavy (non-hydrogen) atoms. The van der Waals surface area contributed by atoms with Crippen molar-refractivity contribution in [2.75, 3.05) is 19.7 Å². The predicted octanol–water partition coefficient (Wildman–Crippen LogP) is 6.45. The number of hydrogen-bond donors (Lipinski definition) is 1. The number of carboxylic acids is 1. The highest BCUT2D eigenvalue weighted by molar-refractivity contribution is 5.84. The van der Waals surface area contributed by atoms with Crippen LogP contribution in [0.25, 0.3) is 10.8 Å². The second kappa shape index (κ2) is 11.5. The van der Waals surface area contributed by atoms with E-state index in [0.717, 1.165) is 57.6 Å². The Balaban J connectivity index is 1.36. The van der Waals surface area contributed by atoms with Gasteiger partial charge in [-0.05, 0) is 112 Å². The van der Waals surface area contributed by atoms with Gasteiger partial charge in [-0.25, -0.2) is 0 Å². The molecule has 1 heterocycles. The molecule has 1 unspecified atom stereocenters. The Morgan fingerprint density at radius 3 is 2.32 bits per heavy atom. The molecule has 0 radical (unpaired) electrons. The van der Waals surface area contributed by atoms with Gasteiger partial charge in [-0.1, -0.05) is 25.1 Å². The molecule has 4 rings (SSSR count). The highest BCUT2D eigenvalue weighted by atomic mass is 16.5. The number of ether oxygens (including phenoxy) is 2. The second-order valence-corrected chi connectivity index (χ2v) is 10.5. The first-order chi connectivity index (χ1) is 16.4. The summed E-state index contributed by atoms with van der Waals surface area (Å²) in [6.07, 6.45) is 7.66. The lowest BCUT2D eigenvalue weighted by Gasteiger charge is -2.36. The van der Waals surface area contributed by atoms with Crippen LogP contribution in [0.15, 0.2) is 36.4 Å². The maximum Gasteiger partial charge on any atom is 0.306 e. The molecular formula is C29H41NO4. The highest BCUT2D eigenvalue weighted by Crippen LogP contribution is 2.33. The number of likely N-dealkylation sites (tertiary alicyclic amines) is 1. The van der Waals surface area contributed by atoms with Crippen molar-refractivity contribution < 1.29 is 19.4 Å². The molecule has 0 aromatic heterocycles. The molecule has 5 heteroatoms. The van der Waals surface area contributed by atoms with Crippen LogP contribution in [0.1, 0.15) is 77.3 Å². The third-order valence-electron chi connectivity index (χ3n) is 7.69. The van der Waals surface area contributed by atoms with Crippen LogP contribution >= 0.6 is 0 Å². The van der Waals surface area contributed by atoms with Crippen molar-refractivity contribution in [3.8, 4) is 5.75 Å². The van der Waals surface area contributed by atoms with E-state index in [-0.39, 0.29) is 5.92 Å². The van der Waals surface area contributed by atoms with Crippen LogP contribution < -0.4 is 4.74 Å². The van der Waals surface area contributed by atoms with Gasteiger partial charge in [0.05, 0.1) is 18.1 Å². The van der Waals surface area contributed by atoms with Gasteiger partial charge in [0.25, 0.3) is 0 Å². The van der Waals surface area contributed by atoms with Gasteiger partial charge in [0.1, 0.15) is 5.75 Å². The van der Waals surface area contributed by atoms with Crippen LogP contribution in [-0.2, 0) is 9.53 Å². The van der Waals surface area contributed by atoms with Crippen molar-refractivity contribution in [2.45, 2.75) is 84.0 Å². The second-order valence-electron chi connectivity index (χ2n) is 10.5. The standard InChI is InChI=1S/C29H41NO4/c1-4-28(30-15-13-22(14-16-30)29(31)32)25-8-7-24-18-27(12-9-23(24)17-25)34-26-10-5-21(6-11-26)19-33-20(2)3/h7-9,12,17-18,20-22,26,28H,4-6,10-11,13-16,19H2,1-3H3,(H,31,32). The van der Waals surface area contributed by atoms with Crippen LogP contribution in [0.2, 0.25) is 0 Å². The molecule has 2 aromatic rings. The lowest BCUT2D eigenvalue weighted by atomic mass is 9.88. The lowest BCUT2D eigenvalue weighted by molar-refractivity contribution is -0.143. The summed E-state index contributed by atoms with van der Waals surface area (Å²) in [5, 5.41) is 11.7. The molecule has 0 amide bonds. The SMILES string of the molecule is CCC(c1ccc2cc(OC3CCC(COC(C)C)CC3)ccc2c1)N1CCC(C(=O)O)CC1. The van der Waals surface area contributed by atoms with Gasteiger partial charge >= 0.3 is 5.97 Å². The van der Waals surface area contributed by atoms with E-state index in [2.05, 4.69) is 62.1 Å². The Morgan fingerprint density at radius 1 is 1.00 bits per heavy atom. The molecule has 1 saturated carbocycles. The zero-order valence-corrected chi connectivity index (χ0v) is 21.0. The number of aliphatic carboxylic acids is 1. The fraction of sp³-hybridized carbons (Fsp3) is 0.621. The third kappa shape index (κ3) is 6.31. The molecule has 5 nitrogen and oxygen atoms in total. The van der Waals surface area contributed by atoms with Gasteiger partial charge in [-0.2, -0.15) is 0 Å². The summed E-state index contributed by atoms with van der Waals surface area (Å²) in [5.41, 5.74) is 1.32. The van der Waals surface area contributed by atoms with Gasteiger partial charge in [0.15, 0.2) is 0 Å². The van der Waals surface area contributed by atoms with Crippen LogP contribution in [0.3, 0.4) is 0 Å². The summed E-state index contributed by atoms with van der Waals surface area (Å²) in [4.78, 5) is 13.8. The summed E-state index contributed by atoms with van der Waals surface area (Å²) in [5.74, 6) is 0.792. The average Bonchev–Trinajstić information content (AvgIpc) is 2.84. The predicted molar refractivity (Wildman–Crippen MR) is 136 cm³/mol. The van der Waals surface area contributed by atoms with Crippen LogP contribution in [-0.4, -0.2) is 47.9 Å². The van der Waals surface area contributed by atoms with Crippen LogP contribution in [0.4, 0.5) is 0 Å². The molecular weight excluding hydrogens is 426 g/mol. The van der Waals surface area contributed by atoms with Gasteiger partial charge in [0, 0.05) is 12.6 Å². The summed E-state index contributed by atoms with van der Waals surface area (Å²) in [6.45, 7) is 9.00. The van der Waals surface area contributed by atoms with E-state index >= 15 is 0 Å². The molecule has 2 aromatic carbocycles. The van der Waals surface area contributed by atoms with Crippen molar-refractivity contribution in [1.29, 1.82) is 0 Å². The van der Waals surface area contributed by atoms with E-state index in [0.29, 0.717) is 24.2 Å². The Kier molecular flexibility index (Phi) is 8.49. The van der Waals surface area contributed by atoms with Crippen molar-refractivity contribution in [3.63, 3.8) is 0 Å². The Hall–Kier alpha value is -2.11. The summed E-state index contributed by atoms with van der Waals surface area (Å²) in [6, 6.07) is 13.6. The summed E-state index contributed by atoms with van der Waals surface area (Å²) in [7, 11) is 0. The maximum atomic E-state index is 11.3. The monoisotopic (exact) mass is 467 g/mol. The minimum Gasteiger partial charge on any atom is -0.490 e. The maximum absolute atomic E-state index is 11.3. The van der Waals surface area contributed by atoms with E-state index in [1.165, 1.54) is 29.2 Å². The molecule has 0 bridgehead atoms. The minimum atomic E-state index is -0.649. The van der Waals surface area contributed by atoms with Crippen LogP contribution in [0.5, 0.6) is 5.75 Å². The lowest BCUT2D eigenvalue weighted by Crippen LogP contribution is -2.38. The van der Waals surface area contributed by atoms with Crippen molar-refractivity contribution in [2.24, 2.45) is 11.8 Å². The number of carbonyl (C=O) groups is 1. The van der Waals surface area contributed by atoms with Crippen LogP contribution in [0, 0.1) is 11.8 Å². The summed E-state index contributed by atoms with van der Waals surface area (Å²) >= 11 is 0. The number of fused-ring (bicyclic) bond motifs is 1. The molecule has 2 fully saturated rings. The quantitative estimate of drug-likeness (QED) is 0.459. The zero-order valence-electron chi connectivity index (χ0n) is 21.0. The van der Waals surface area contributed by atoms with E-state index in [1.54, 1.807) is 0 Å². The zero-order chi connectivity index (χ0) is 24.1. The van der Waals surface area contributed by atoms with Gasteiger partial charge in [-0.15, -0.1) is 0 Å². The average molecular weight is 468 g/mol. The van der Waals surface area contributed by atoms with Crippen molar-refractivity contribution in [1.82, 2.24) is 4.90 Å². The van der Waals surface area contributed by atoms with E-state index in [4.69, 9.17) is 9.47 Å². The van der Waals surface area contributed by atoms with Gasteiger partial charge in [-0.3, -0.25) is 9.69 Å². The fourth-order valence-corrected chi connectivity index (χ4v) is 5.62. The highest BCUT2D eigenvalue weighted by Gasteiger charge is 2.28. The minimum absolute atomic E-state index is 0.188. The fourth-order valence-electron chi connectivity index (χ4n) is 5.62. The molecule has 1 atom stereocenters. The molecule has 186 valence electrons. The van der Waals surface area contributed by atoms with Crippen molar-refractivity contribution in [3.05, 3.63) is 42.0 Å². The largest absolute Gasteiger partial charge is 0.490 e. The topological polar surface area (TPSA) is 59.0 Å². The van der Waals surface area contributed by atoms with Gasteiger partial charge in [0.2, 0.25) is 0 Å². The number of benzene rings is 2. The molecule has 2 aliphatic rings. The first-order valence-corrected chi connectivity index (χ1v) is 13.2. The first kappa shape index (κ1) is 25.0. The smallest absolute Gasteiger partial charge is 0.306 e. The Morgan fingerprint density at radius 2 is 1.68 bits per heavy atom. The third-order valence-corrected chi connectivity index (χ3v) is 7.69. The molecule has 1 aliphatic heterocycles. The number of rotatable bonds is 9. The number of carboxylic acid groups (broad SMARTS) is 1.